The van der Waals surface area contributed by atoms with E-state index in [1.165, 1.54) is 16.4 Å². The Kier molecular flexibility index (Phi) is 6.82. The van der Waals surface area contributed by atoms with Gasteiger partial charge < -0.3 is 5.32 Å². The van der Waals surface area contributed by atoms with Crippen LogP contribution in [-0.4, -0.2) is 26.6 Å². The number of anilines is 1. The fourth-order valence-corrected chi connectivity index (χ4v) is 4.48. The van der Waals surface area contributed by atoms with E-state index in [9.17, 15) is 17.6 Å². The first-order valence-corrected chi connectivity index (χ1v) is 11.0. The Hall–Kier alpha value is -2.41. The molecule has 0 radical (unpaired) electrons. The predicted octanol–water partition coefficient (Wildman–Crippen LogP) is 3.86. The smallest absolute Gasteiger partial charge is 0.244 e. The molecule has 0 saturated carbocycles. The highest BCUT2D eigenvalue weighted by atomic mass is 32.2. The summed E-state index contributed by atoms with van der Waals surface area (Å²) < 4.78 is 39.4. The van der Waals surface area contributed by atoms with Crippen molar-refractivity contribution < 1.29 is 17.6 Å². The van der Waals surface area contributed by atoms with E-state index in [0.717, 1.165) is 22.9 Å². The Morgan fingerprint density at radius 1 is 1.11 bits per heavy atom. The van der Waals surface area contributed by atoms with Gasteiger partial charge in [0.2, 0.25) is 15.9 Å². The Morgan fingerprint density at radius 3 is 2.11 bits per heavy atom. The zero-order valence-electron chi connectivity index (χ0n) is 16.9. The molecule has 0 aliphatic heterocycles. The summed E-state index contributed by atoms with van der Waals surface area (Å²) in [6, 6.07) is 10.0. The molecule has 1 amide bonds. The summed E-state index contributed by atoms with van der Waals surface area (Å²) in [6.45, 7) is 7.32. The third kappa shape index (κ3) is 5.32. The van der Waals surface area contributed by atoms with Crippen molar-refractivity contribution in [3.8, 4) is 0 Å². The van der Waals surface area contributed by atoms with Gasteiger partial charge in [0.05, 0.1) is 18.0 Å². The molecule has 1 N–H and O–H groups in total. The number of hydrogen-bond acceptors (Lipinski definition) is 3. The maximum Gasteiger partial charge on any atom is 0.244 e. The molecule has 7 heteroatoms. The molecule has 2 rings (SSSR count). The van der Waals surface area contributed by atoms with Crippen molar-refractivity contribution in [2.75, 3.05) is 10.6 Å². The number of nitrogens with zero attached hydrogens (tertiary/aromatic N) is 1. The molecule has 28 heavy (non-hydrogen) atoms. The average Bonchev–Trinajstić information content (AvgIpc) is 2.57. The van der Waals surface area contributed by atoms with Gasteiger partial charge in [-0.2, -0.15) is 0 Å². The molecular weight excluding hydrogens is 379 g/mol. The molecule has 0 spiro atoms. The van der Waals surface area contributed by atoms with Gasteiger partial charge in [-0.1, -0.05) is 25.1 Å². The van der Waals surface area contributed by atoms with Gasteiger partial charge in [-0.05, 0) is 68.1 Å². The van der Waals surface area contributed by atoms with Crippen molar-refractivity contribution in [1.29, 1.82) is 0 Å². The van der Waals surface area contributed by atoms with Gasteiger partial charge >= 0.3 is 0 Å². The molecular formula is C21H27FN2O3S. The number of nitrogens with one attached hydrogen (secondary N) is 1. The summed E-state index contributed by atoms with van der Waals surface area (Å²) in [7, 11) is -3.69. The number of benzene rings is 2. The number of aryl methyl sites for hydroxylation is 2. The van der Waals surface area contributed by atoms with Crippen molar-refractivity contribution in [1.82, 2.24) is 5.32 Å². The van der Waals surface area contributed by atoms with E-state index in [1.54, 1.807) is 38.1 Å². The van der Waals surface area contributed by atoms with E-state index in [4.69, 9.17) is 0 Å². The molecule has 0 aliphatic carbocycles. The van der Waals surface area contributed by atoms with Crippen LogP contribution in [0.3, 0.4) is 0 Å². The predicted molar refractivity (Wildman–Crippen MR) is 110 cm³/mol. The minimum atomic E-state index is -3.69. The first kappa shape index (κ1) is 21.9. The SMILES string of the molecule is CC[C@H](C(=O)N[C@@H](C)c1ccc(F)cc1)N(c1cc(C)cc(C)c1)S(C)(=O)=O. The van der Waals surface area contributed by atoms with E-state index in [1.807, 2.05) is 19.9 Å². The fourth-order valence-electron chi connectivity index (χ4n) is 3.28. The summed E-state index contributed by atoms with van der Waals surface area (Å²) in [5.74, 6) is -0.754. The summed E-state index contributed by atoms with van der Waals surface area (Å²) in [6.07, 6.45) is 1.41. The zero-order chi connectivity index (χ0) is 21.1. The van der Waals surface area contributed by atoms with Crippen LogP contribution in [0.2, 0.25) is 0 Å². The van der Waals surface area contributed by atoms with Crippen LogP contribution in [0.1, 0.15) is 43.0 Å². The van der Waals surface area contributed by atoms with Gasteiger partial charge in [0.15, 0.2) is 0 Å². The number of rotatable bonds is 7. The quantitative estimate of drug-likeness (QED) is 0.759. The standard InChI is InChI=1S/C21H27FN2O3S/c1-6-20(21(25)23-16(4)17-7-9-18(22)10-8-17)24(28(5,26)27)19-12-14(2)11-15(3)13-19/h7-13,16,20H,6H2,1-5H3,(H,23,25)/t16-,20+/m0/s1. The fraction of sp³-hybridized carbons (Fsp3) is 0.381. The second-order valence-corrected chi connectivity index (χ2v) is 8.97. The molecule has 0 aliphatic rings. The second-order valence-electron chi connectivity index (χ2n) is 7.11. The lowest BCUT2D eigenvalue weighted by atomic mass is 10.1. The third-order valence-corrected chi connectivity index (χ3v) is 5.70. The number of halogens is 1. The van der Waals surface area contributed by atoms with Crippen LogP contribution < -0.4 is 9.62 Å². The van der Waals surface area contributed by atoms with Gasteiger partial charge in [0.1, 0.15) is 11.9 Å². The second kappa shape index (κ2) is 8.73. The van der Waals surface area contributed by atoms with Crippen LogP contribution in [0.25, 0.3) is 0 Å². The normalized spacial score (nSPS) is 13.6. The monoisotopic (exact) mass is 406 g/mol. The zero-order valence-corrected chi connectivity index (χ0v) is 17.7. The van der Waals surface area contributed by atoms with Crippen molar-refractivity contribution in [2.45, 2.75) is 46.2 Å². The molecule has 0 saturated heterocycles. The molecule has 0 unspecified atom stereocenters. The minimum Gasteiger partial charge on any atom is -0.348 e. The highest BCUT2D eigenvalue weighted by molar-refractivity contribution is 7.92. The van der Waals surface area contributed by atoms with Crippen molar-refractivity contribution in [3.63, 3.8) is 0 Å². The molecule has 2 aromatic carbocycles. The molecule has 5 nitrogen and oxygen atoms in total. The van der Waals surface area contributed by atoms with Crippen molar-refractivity contribution in [3.05, 3.63) is 65.0 Å². The van der Waals surface area contributed by atoms with Crippen LogP contribution in [0.4, 0.5) is 10.1 Å². The number of hydrogen-bond donors (Lipinski definition) is 1. The lowest BCUT2D eigenvalue weighted by molar-refractivity contribution is -0.122. The molecule has 0 bridgehead atoms. The lowest BCUT2D eigenvalue weighted by Crippen LogP contribution is -2.49. The first-order chi connectivity index (χ1) is 13.0. The summed E-state index contributed by atoms with van der Waals surface area (Å²) in [4.78, 5) is 13.0. The lowest BCUT2D eigenvalue weighted by Gasteiger charge is -2.31. The average molecular weight is 407 g/mol. The van der Waals surface area contributed by atoms with E-state index in [2.05, 4.69) is 5.32 Å². The highest BCUT2D eigenvalue weighted by Crippen LogP contribution is 2.25. The van der Waals surface area contributed by atoms with Gasteiger partial charge in [-0.25, -0.2) is 12.8 Å². The van der Waals surface area contributed by atoms with E-state index < -0.39 is 22.0 Å². The van der Waals surface area contributed by atoms with Gasteiger partial charge in [-0.3, -0.25) is 9.10 Å². The molecule has 152 valence electrons. The van der Waals surface area contributed by atoms with Crippen LogP contribution in [0.15, 0.2) is 42.5 Å². The first-order valence-electron chi connectivity index (χ1n) is 9.16. The third-order valence-electron chi connectivity index (χ3n) is 4.52. The van der Waals surface area contributed by atoms with Gasteiger partial charge in [0.25, 0.3) is 0 Å². The highest BCUT2D eigenvalue weighted by Gasteiger charge is 2.32. The number of amides is 1. The number of sulfonamides is 1. The van der Waals surface area contributed by atoms with Crippen LogP contribution >= 0.6 is 0 Å². The summed E-state index contributed by atoms with van der Waals surface area (Å²) in [5, 5.41) is 2.85. The summed E-state index contributed by atoms with van der Waals surface area (Å²) >= 11 is 0. The van der Waals surface area contributed by atoms with E-state index in [-0.39, 0.29) is 11.9 Å². The van der Waals surface area contributed by atoms with Gasteiger partial charge in [-0.15, -0.1) is 0 Å². The Balaban J connectivity index is 2.34. The van der Waals surface area contributed by atoms with Crippen LogP contribution in [0.5, 0.6) is 0 Å². The van der Waals surface area contributed by atoms with Gasteiger partial charge in [0, 0.05) is 0 Å². The topological polar surface area (TPSA) is 66.5 Å². The maximum absolute atomic E-state index is 13.1. The molecule has 2 aromatic rings. The Bertz CT molecular complexity index is 922. The van der Waals surface area contributed by atoms with E-state index in [0.29, 0.717) is 12.1 Å². The van der Waals surface area contributed by atoms with E-state index >= 15 is 0 Å². The Labute approximate surface area is 166 Å². The molecule has 2 atom stereocenters. The Morgan fingerprint density at radius 2 is 1.64 bits per heavy atom. The minimum absolute atomic E-state index is 0.308. The molecule has 0 heterocycles. The molecule has 0 fully saturated rings. The van der Waals surface area contributed by atoms with Crippen molar-refractivity contribution in [2.24, 2.45) is 0 Å². The summed E-state index contributed by atoms with van der Waals surface area (Å²) in [5.41, 5.74) is 3.04. The van der Waals surface area contributed by atoms with Crippen LogP contribution in [0, 0.1) is 19.7 Å². The number of carbonyl (C=O) groups excluding carboxylic acids is 1. The van der Waals surface area contributed by atoms with Crippen LogP contribution in [-0.2, 0) is 14.8 Å². The maximum atomic E-state index is 13.1. The largest absolute Gasteiger partial charge is 0.348 e. The number of carbonyl (C=O) groups is 1. The molecule has 0 aromatic heterocycles. The van der Waals surface area contributed by atoms with Crippen molar-refractivity contribution >= 4 is 21.6 Å².